The Morgan fingerprint density at radius 3 is 2.62 bits per heavy atom. The van der Waals surface area contributed by atoms with E-state index < -0.39 is 0 Å². The van der Waals surface area contributed by atoms with Gasteiger partial charge in [0.05, 0.1) is 14.2 Å². The third-order valence-corrected chi connectivity index (χ3v) is 3.40. The number of benzene rings is 1. The molecule has 0 aliphatic heterocycles. The zero-order valence-electron chi connectivity index (χ0n) is 12.9. The minimum atomic E-state index is 0.813. The van der Waals surface area contributed by atoms with Crippen LogP contribution in [0.15, 0.2) is 42.6 Å². The van der Waals surface area contributed by atoms with E-state index >= 15 is 0 Å². The Bertz CT molecular complexity index is 558. The van der Waals surface area contributed by atoms with Gasteiger partial charge in [-0.05, 0) is 37.4 Å². The first-order valence-corrected chi connectivity index (χ1v) is 7.02. The molecular weight excluding hydrogens is 264 g/mol. The number of hydrogen-bond donors (Lipinski definition) is 0. The highest BCUT2D eigenvalue weighted by Gasteiger charge is 2.08. The van der Waals surface area contributed by atoms with Crippen LogP contribution in [-0.4, -0.2) is 37.7 Å². The molecule has 0 atom stereocenters. The smallest absolute Gasteiger partial charge is 0.123 e. The number of pyridine rings is 1. The van der Waals surface area contributed by atoms with Gasteiger partial charge in [0.1, 0.15) is 11.5 Å². The van der Waals surface area contributed by atoms with Crippen molar-refractivity contribution in [2.45, 2.75) is 13.0 Å². The Balaban J connectivity index is 1.97. The van der Waals surface area contributed by atoms with Crippen LogP contribution in [-0.2, 0) is 13.0 Å². The van der Waals surface area contributed by atoms with Crippen LogP contribution >= 0.6 is 0 Å². The summed E-state index contributed by atoms with van der Waals surface area (Å²) in [6.45, 7) is 1.75. The summed E-state index contributed by atoms with van der Waals surface area (Å²) < 4.78 is 10.7. The fourth-order valence-electron chi connectivity index (χ4n) is 2.23. The zero-order valence-corrected chi connectivity index (χ0v) is 12.9. The number of hydrogen-bond acceptors (Lipinski definition) is 4. The van der Waals surface area contributed by atoms with Crippen LogP contribution in [0, 0.1) is 0 Å². The van der Waals surface area contributed by atoms with Crippen LogP contribution in [0.25, 0.3) is 0 Å². The minimum absolute atomic E-state index is 0.813. The first-order valence-electron chi connectivity index (χ1n) is 7.02. The van der Waals surface area contributed by atoms with Gasteiger partial charge < -0.3 is 14.4 Å². The van der Waals surface area contributed by atoms with Gasteiger partial charge in [0.2, 0.25) is 0 Å². The lowest BCUT2D eigenvalue weighted by molar-refractivity contribution is 0.318. The molecular formula is C17H22N2O2. The average Bonchev–Trinajstić information content (AvgIpc) is 2.54. The van der Waals surface area contributed by atoms with E-state index in [1.54, 1.807) is 14.2 Å². The van der Waals surface area contributed by atoms with E-state index in [9.17, 15) is 0 Å². The highest BCUT2D eigenvalue weighted by Crippen LogP contribution is 2.24. The third kappa shape index (κ3) is 4.46. The molecule has 0 N–H and O–H groups in total. The summed E-state index contributed by atoms with van der Waals surface area (Å²) in [5.74, 6) is 1.74. The molecule has 112 valence electrons. The first-order chi connectivity index (χ1) is 10.2. The van der Waals surface area contributed by atoms with E-state index in [0.29, 0.717) is 0 Å². The van der Waals surface area contributed by atoms with Crippen LogP contribution in [0.4, 0.5) is 0 Å². The van der Waals surface area contributed by atoms with E-state index in [4.69, 9.17) is 9.47 Å². The summed E-state index contributed by atoms with van der Waals surface area (Å²) in [5.41, 5.74) is 2.24. The maximum absolute atomic E-state index is 5.41. The molecule has 0 aliphatic rings. The van der Waals surface area contributed by atoms with Crippen molar-refractivity contribution in [2.24, 2.45) is 0 Å². The summed E-state index contributed by atoms with van der Waals surface area (Å²) in [6.07, 6.45) is 2.77. The van der Waals surface area contributed by atoms with Gasteiger partial charge in [0.15, 0.2) is 0 Å². The Hall–Kier alpha value is -2.07. The lowest BCUT2D eigenvalue weighted by Gasteiger charge is -2.18. The fraction of sp³-hybridized carbons (Fsp3) is 0.353. The standard InChI is InChI=1S/C17H22N2O2/c1-19(11-9-15-6-4-5-10-18-15)13-14-12-16(20-2)7-8-17(14)21-3/h4-8,10,12H,9,11,13H2,1-3H3. The summed E-state index contributed by atoms with van der Waals surface area (Å²) in [7, 11) is 5.47. The minimum Gasteiger partial charge on any atom is -0.497 e. The number of nitrogens with zero attached hydrogens (tertiary/aromatic N) is 2. The quantitative estimate of drug-likeness (QED) is 0.784. The van der Waals surface area contributed by atoms with Crippen molar-refractivity contribution in [3.8, 4) is 11.5 Å². The summed E-state index contributed by atoms with van der Waals surface area (Å²) in [6, 6.07) is 11.9. The first kappa shape index (κ1) is 15.3. The van der Waals surface area contributed by atoms with Crippen LogP contribution < -0.4 is 9.47 Å². The molecule has 2 aromatic rings. The van der Waals surface area contributed by atoms with Gasteiger partial charge in [-0.25, -0.2) is 0 Å². The van der Waals surface area contributed by atoms with Gasteiger partial charge in [0.25, 0.3) is 0 Å². The molecule has 1 aromatic carbocycles. The highest BCUT2D eigenvalue weighted by atomic mass is 16.5. The molecule has 0 unspecified atom stereocenters. The van der Waals surface area contributed by atoms with Crippen LogP contribution in [0.5, 0.6) is 11.5 Å². The Morgan fingerprint density at radius 1 is 1.10 bits per heavy atom. The van der Waals surface area contributed by atoms with Crippen LogP contribution in [0.3, 0.4) is 0 Å². The van der Waals surface area contributed by atoms with E-state index in [1.807, 2.05) is 36.5 Å². The molecule has 0 amide bonds. The van der Waals surface area contributed by atoms with Crippen molar-refractivity contribution in [3.05, 3.63) is 53.9 Å². The Kier molecular flexibility index (Phi) is 5.58. The molecule has 0 saturated carbocycles. The van der Waals surface area contributed by atoms with Crippen molar-refractivity contribution >= 4 is 0 Å². The molecule has 0 bridgehead atoms. The second-order valence-electron chi connectivity index (χ2n) is 4.99. The van der Waals surface area contributed by atoms with Crippen LogP contribution in [0.2, 0.25) is 0 Å². The number of methoxy groups -OCH3 is 2. The monoisotopic (exact) mass is 286 g/mol. The van der Waals surface area contributed by atoms with E-state index in [1.165, 1.54) is 0 Å². The largest absolute Gasteiger partial charge is 0.497 e. The SMILES string of the molecule is COc1ccc(OC)c(CN(C)CCc2ccccn2)c1. The molecule has 4 nitrogen and oxygen atoms in total. The maximum atomic E-state index is 5.41. The summed E-state index contributed by atoms with van der Waals surface area (Å²) in [5, 5.41) is 0. The van der Waals surface area contributed by atoms with E-state index in [0.717, 1.165) is 42.3 Å². The third-order valence-electron chi connectivity index (χ3n) is 3.40. The lowest BCUT2D eigenvalue weighted by atomic mass is 10.1. The number of aromatic nitrogens is 1. The van der Waals surface area contributed by atoms with Gasteiger partial charge in [-0.15, -0.1) is 0 Å². The van der Waals surface area contributed by atoms with E-state index in [2.05, 4.69) is 23.0 Å². The molecule has 0 radical (unpaired) electrons. The number of rotatable bonds is 7. The molecule has 0 spiro atoms. The molecule has 1 heterocycles. The fourth-order valence-corrected chi connectivity index (χ4v) is 2.23. The highest BCUT2D eigenvalue weighted by molar-refractivity contribution is 5.40. The van der Waals surface area contributed by atoms with Crippen molar-refractivity contribution in [3.63, 3.8) is 0 Å². The summed E-state index contributed by atoms with van der Waals surface area (Å²) >= 11 is 0. The van der Waals surface area contributed by atoms with Crippen molar-refractivity contribution in [1.29, 1.82) is 0 Å². The Morgan fingerprint density at radius 2 is 1.95 bits per heavy atom. The molecule has 0 fully saturated rings. The predicted molar refractivity (Wildman–Crippen MR) is 83.8 cm³/mol. The average molecular weight is 286 g/mol. The van der Waals surface area contributed by atoms with Crippen LogP contribution in [0.1, 0.15) is 11.3 Å². The lowest BCUT2D eigenvalue weighted by Crippen LogP contribution is -2.21. The molecule has 21 heavy (non-hydrogen) atoms. The number of likely N-dealkylation sites (N-methyl/N-ethyl adjacent to an activating group) is 1. The van der Waals surface area contributed by atoms with Gasteiger partial charge in [-0.1, -0.05) is 6.07 Å². The molecule has 0 saturated heterocycles. The second kappa shape index (κ2) is 7.64. The van der Waals surface area contributed by atoms with E-state index in [-0.39, 0.29) is 0 Å². The van der Waals surface area contributed by atoms with Gasteiger partial charge >= 0.3 is 0 Å². The van der Waals surface area contributed by atoms with Crippen molar-refractivity contribution in [1.82, 2.24) is 9.88 Å². The number of ether oxygens (including phenoxy) is 2. The normalized spacial score (nSPS) is 10.7. The van der Waals surface area contributed by atoms with Crippen molar-refractivity contribution in [2.75, 3.05) is 27.8 Å². The predicted octanol–water partition coefficient (Wildman–Crippen LogP) is 2.77. The molecule has 2 rings (SSSR count). The topological polar surface area (TPSA) is 34.6 Å². The second-order valence-corrected chi connectivity index (χ2v) is 4.99. The summed E-state index contributed by atoms with van der Waals surface area (Å²) in [4.78, 5) is 6.60. The van der Waals surface area contributed by atoms with Gasteiger partial charge in [-0.2, -0.15) is 0 Å². The Labute approximate surface area is 126 Å². The van der Waals surface area contributed by atoms with Gasteiger partial charge in [-0.3, -0.25) is 4.98 Å². The molecule has 4 heteroatoms. The van der Waals surface area contributed by atoms with Gasteiger partial charge in [0, 0.05) is 37.0 Å². The molecule has 1 aromatic heterocycles. The zero-order chi connectivity index (χ0) is 15.1. The van der Waals surface area contributed by atoms with Crippen molar-refractivity contribution < 1.29 is 9.47 Å². The maximum Gasteiger partial charge on any atom is 0.123 e. The molecule has 0 aliphatic carbocycles.